The van der Waals surface area contributed by atoms with Gasteiger partial charge in [-0.05, 0) is 25.7 Å². The first-order valence-electron chi connectivity index (χ1n) is 8.64. The Hall–Kier alpha value is -1.74. The van der Waals surface area contributed by atoms with Crippen LogP contribution in [0.5, 0.6) is 5.75 Å². The molecule has 0 unspecified atom stereocenters. The summed E-state index contributed by atoms with van der Waals surface area (Å²) in [7, 11) is -0.910. The van der Waals surface area contributed by atoms with E-state index >= 15 is 0 Å². The van der Waals surface area contributed by atoms with E-state index in [1.54, 1.807) is 0 Å². The number of hydrogen-bond acceptors (Lipinski definition) is 6. The lowest BCUT2D eigenvalue weighted by Crippen LogP contribution is -2.47. The molecule has 0 saturated heterocycles. The molecule has 0 radical (unpaired) electrons. The zero-order valence-corrected chi connectivity index (χ0v) is 15.4. The maximum Gasteiger partial charge on any atom is 0.304 e. The van der Waals surface area contributed by atoms with Gasteiger partial charge in [0.05, 0.1) is 7.11 Å². The number of hydrogen-bond donors (Lipinski definition) is 1. The van der Waals surface area contributed by atoms with Gasteiger partial charge in [-0.3, -0.25) is 4.79 Å². The molecule has 138 valence electrons. The number of amides is 1. The summed E-state index contributed by atoms with van der Waals surface area (Å²) in [6.45, 7) is 0. The van der Waals surface area contributed by atoms with Crippen LogP contribution in [0.1, 0.15) is 67.0 Å². The van der Waals surface area contributed by atoms with Gasteiger partial charge in [-0.1, -0.05) is 19.3 Å². The Kier molecular flexibility index (Phi) is 5.24. The lowest BCUT2D eigenvalue weighted by atomic mass is 9.96. The van der Waals surface area contributed by atoms with Gasteiger partial charge in [0.1, 0.15) is 11.4 Å². The second-order valence-electron chi connectivity index (χ2n) is 6.70. The molecule has 0 aromatic carbocycles. The van der Waals surface area contributed by atoms with Crippen LogP contribution in [-0.4, -0.2) is 49.0 Å². The Morgan fingerprint density at radius 1 is 1.20 bits per heavy atom. The second-order valence-corrected chi connectivity index (χ2v) is 8.43. The van der Waals surface area contributed by atoms with E-state index in [1.807, 2.05) is 0 Å². The maximum atomic E-state index is 12.5. The standard InChI is InChI=1S/C16H24N4O4S/c1-20(12-6-4-3-5-7-12)25(22,23)19-16(21)13-10-14(24-2)15(18-17-13)11-8-9-11/h10-12H,3-9H2,1-2H3,(H,19,21). The van der Waals surface area contributed by atoms with Gasteiger partial charge in [0.15, 0.2) is 5.69 Å². The molecular weight excluding hydrogens is 344 g/mol. The molecule has 0 atom stereocenters. The number of rotatable bonds is 6. The molecule has 2 aliphatic rings. The van der Waals surface area contributed by atoms with E-state index in [0.717, 1.165) is 50.6 Å². The molecule has 8 nitrogen and oxygen atoms in total. The molecule has 0 bridgehead atoms. The van der Waals surface area contributed by atoms with Gasteiger partial charge in [0, 0.05) is 25.1 Å². The lowest BCUT2D eigenvalue weighted by molar-refractivity contribution is 0.0972. The molecule has 2 saturated carbocycles. The van der Waals surface area contributed by atoms with Crippen LogP contribution in [0.25, 0.3) is 0 Å². The molecule has 1 amide bonds. The van der Waals surface area contributed by atoms with Crippen molar-refractivity contribution < 1.29 is 17.9 Å². The van der Waals surface area contributed by atoms with E-state index in [1.165, 1.54) is 24.5 Å². The molecule has 1 aromatic heterocycles. The van der Waals surface area contributed by atoms with Crippen molar-refractivity contribution in [1.29, 1.82) is 0 Å². The third kappa shape index (κ3) is 4.09. The van der Waals surface area contributed by atoms with Gasteiger partial charge in [-0.15, -0.1) is 5.10 Å². The predicted molar refractivity (Wildman–Crippen MR) is 91.6 cm³/mol. The summed E-state index contributed by atoms with van der Waals surface area (Å²) in [4.78, 5) is 12.3. The number of methoxy groups -OCH3 is 1. The second kappa shape index (κ2) is 7.25. The zero-order chi connectivity index (χ0) is 18.0. The van der Waals surface area contributed by atoms with E-state index in [9.17, 15) is 13.2 Å². The molecule has 1 N–H and O–H groups in total. The van der Waals surface area contributed by atoms with Crippen LogP contribution in [-0.2, 0) is 10.2 Å². The number of nitrogens with one attached hydrogen (secondary N) is 1. The van der Waals surface area contributed by atoms with Gasteiger partial charge < -0.3 is 4.74 Å². The van der Waals surface area contributed by atoms with Crippen molar-refractivity contribution in [2.24, 2.45) is 0 Å². The number of carbonyl (C=O) groups is 1. The van der Waals surface area contributed by atoms with E-state index < -0.39 is 16.1 Å². The highest BCUT2D eigenvalue weighted by Crippen LogP contribution is 2.42. The highest BCUT2D eigenvalue weighted by Gasteiger charge is 2.32. The average molecular weight is 368 g/mol. The highest BCUT2D eigenvalue weighted by molar-refractivity contribution is 7.87. The van der Waals surface area contributed by atoms with Gasteiger partial charge in [0.2, 0.25) is 0 Å². The molecule has 0 aliphatic heterocycles. The molecular formula is C16H24N4O4S. The molecule has 2 aliphatic carbocycles. The fraction of sp³-hybridized carbons (Fsp3) is 0.688. The van der Waals surface area contributed by atoms with Crippen LogP contribution in [0, 0.1) is 0 Å². The van der Waals surface area contributed by atoms with Crippen molar-refractivity contribution in [3.05, 3.63) is 17.5 Å². The van der Waals surface area contributed by atoms with Crippen molar-refractivity contribution in [2.75, 3.05) is 14.2 Å². The molecule has 9 heteroatoms. The maximum absolute atomic E-state index is 12.5. The van der Waals surface area contributed by atoms with Crippen LogP contribution in [0.2, 0.25) is 0 Å². The molecule has 1 heterocycles. The Balaban J connectivity index is 1.72. The molecule has 25 heavy (non-hydrogen) atoms. The highest BCUT2D eigenvalue weighted by atomic mass is 32.2. The minimum absolute atomic E-state index is 0.0677. The Morgan fingerprint density at radius 2 is 1.88 bits per heavy atom. The Morgan fingerprint density at radius 3 is 2.48 bits per heavy atom. The zero-order valence-electron chi connectivity index (χ0n) is 14.6. The Bertz CT molecular complexity index is 743. The first-order valence-corrected chi connectivity index (χ1v) is 10.1. The van der Waals surface area contributed by atoms with Crippen LogP contribution < -0.4 is 9.46 Å². The van der Waals surface area contributed by atoms with E-state index in [2.05, 4.69) is 14.9 Å². The normalized spacial score (nSPS) is 19.0. The summed E-state index contributed by atoms with van der Waals surface area (Å²) in [6, 6.07) is 1.38. The summed E-state index contributed by atoms with van der Waals surface area (Å²) in [5.41, 5.74) is 0.656. The predicted octanol–water partition coefficient (Wildman–Crippen LogP) is 1.60. The van der Waals surface area contributed by atoms with Crippen LogP contribution in [0.3, 0.4) is 0 Å². The topological polar surface area (TPSA) is 101 Å². The minimum Gasteiger partial charge on any atom is -0.495 e. The first-order chi connectivity index (χ1) is 11.9. The summed E-state index contributed by atoms with van der Waals surface area (Å²) in [5, 5.41) is 7.93. The van der Waals surface area contributed by atoms with Crippen molar-refractivity contribution in [1.82, 2.24) is 19.2 Å². The van der Waals surface area contributed by atoms with Crippen molar-refractivity contribution in [3.8, 4) is 5.75 Å². The van der Waals surface area contributed by atoms with Crippen molar-refractivity contribution in [3.63, 3.8) is 0 Å². The Labute approximate surface area is 148 Å². The van der Waals surface area contributed by atoms with Crippen LogP contribution >= 0.6 is 0 Å². The molecule has 3 rings (SSSR count). The van der Waals surface area contributed by atoms with Gasteiger partial charge >= 0.3 is 10.2 Å². The first kappa shape index (κ1) is 18.1. The fourth-order valence-corrected chi connectivity index (χ4v) is 4.27. The van der Waals surface area contributed by atoms with Gasteiger partial charge in [-0.25, -0.2) is 4.72 Å². The third-order valence-corrected chi connectivity index (χ3v) is 6.39. The summed E-state index contributed by atoms with van der Waals surface area (Å²) in [5.74, 6) is -0.00258. The molecule has 2 fully saturated rings. The number of nitrogens with zero attached hydrogens (tertiary/aromatic N) is 3. The van der Waals surface area contributed by atoms with E-state index in [4.69, 9.17) is 4.74 Å². The van der Waals surface area contributed by atoms with Crippen LogP contribution in [0.4, 0.5) is 0 Å². The number of carbonyl (C=O) groups excluding carboxylic acids is 1. The van der Waals surface area contributed by atoms with Crippen molar-refractivity contribution in [2.45, 2.75) is 56.9 Å². The summed E-state index contributed by atoms with van der Waals surface area (Å²) >= 11 is 0. The van der Waals surface area contributed by atoms with Gasteiger partial charge in [-0.2, -0.15) is 17.8 Å². The van der Waals surface area contributed by atoms with E-state index in [-0.39, 0.29) is 11.7 Å². The monoisotopic (exact) mass is 368 g/mol. The quantitative estimate of drug-likeness (QED) is 0.818. The van der Waals surface area contributed by atoms with E-state index in [0.29, 0.717) is 11.7 Å². The fourth-order valence-electron chi connectivity index (χ4n) is 3.18. The number of aromatic nitrogens is 2. The smallest absolute Gasteiger partial charge is 0.304 e. The largest absolute Gasteiger partial charge is 0.495 e. The number of ether oxygens (including phenoxy) is 1. The van der Waals surface area contributed by atoms with Gasteiger partial charge in [0.25, 0.3) is 5.91 Å². The van der Waals surface area contributed by atoms with Crippen LogP contribution in [0.15, 0.2) is 6.07 Å². The average Bonchev–Trinajstić information content (AvgIpc) is 3.45. The summed E-state index contributed by atoms with van der Waals surface area (Å²) < 4.78 is 33.5. The SMILES string of the molecule is COc1cc(C(=O)NS(=O)(=O)N(C)C2CCCCC2)nnc1C1CC1. The third-order valence-electron chi connectivity index (χ3n) is 4.89. The minimum atomic E-state index is -3.92. The van der Waals surface area contributed by atoms with Crippen molar-refractivity contribution >= 4 is 16.1 Å². The lowest BCUT2D eigenvalue weighted by Gasteiger charge is -2.30. The summed E-state index contributed by atoms with van der Waals surface area (Å²) in [6.07, 6.45) is 6.81. The molecule has 0 spiro atoms. The molecule has 1 aromatic rings.